The predicted molar refractivity (Wildman–Crippen MR) is 77.3 cm³/mol. The van der Waals surface area contributed by atoms with Gasteiger partial charge in [0.1, 0.15) is 0 Å². The maximum atomic E-state index is 12.1. The van der Waals surface area contributed by atoms with Gasteiger partial charge in [-0.25, -0.2) is 4.79 Å². The van der Waals surface area contributed by atoms with Crippen molar-refractivity contribution < 1.29 is 4.79 Å². The van der Waals surface area contributed by atoms with Crippen LogP contribution in [-0.4, -0.2) is 15.6 Å². The highest BCUT2D eigenvalue weighted by Gasteiger charge is 2.09. The number of hydrogen-bond donors (Lipinski definition) is 2. The highest BCUT2D eigenvalue weighted by Crippen LogP contribution is 2.03. The molecule has 0 aliphatic rings. The monoisotopic (exact) mass is 275 g/mol. The van der Waals surface area contributed by atoms with Crippen LogP contribution in [0.15, 0.2) is 33.9 Å². The number of rotatable bonds is 5. The molecule has 2 N–H and O–H groups in total. The first-order chi connectivity index (χ1) is 9.63. The fraction of sp³-hybridized carbons (Fsp3) is 0.357. The van der Waals surface area contributed by atoms with Crippen LogP contribution in [0.2, 0.25) is 0 Å². The number of fused-ring (bicyclic) bond motifs is 1. The fourth-order valence-corrected chi connectivity index (χ4v) is 1.98. The Morgan fingerprint density at radius 3 is 2.75 bits per heavy atom. The molecule has 1 aromatic carbocycles. The fourth-order valence-electron chi connectivity index (χ4n) is 1.98. The van der Waals surface area contributed by atoms with Crippen LogP contribution in [0.25, 0.3) is 10.9 Å². The van der Waals surface area contributed by atoms with Gasteiger partial charge in [-0.2, -0.15) is 4.68 Å². The third-order valence-electron chi connectivity index (χ3n) is 3.05. The number of carbonyl (C=O) groups is 1. The van der Waals surface area contributed by atoms with E-state index in [-0.39, 0.29) is 5.91 Å². The van der Waals surface area contributed by atoms with E-state index < -0.39 is 11.2 Å². The first kappa shape index (κ1) is 14.0. The quantitative estimate of drug-likeness (QED) is 0.808. The van der Waals surface area contributed by atoms with Gasteiger partial charge in [0.2, 0.25) is 5.91 Å². The van der Waals surface area contributed by atoms with E-state index in [1.807, 2.05) is 6.92 Å². The number of H-pyrrole nitrogens is 1. The molecule has 1 aromatic heterocycles. The summed E-state index contributed by atoms with van der Waals surface area (Å²) in [5.74, 6) is -0.332. The Bertz CT molecular complexity index is 730. The lowest BCUT2D eigenvalue weighted by Gasteiger charge is -2.07. The zero-order chi connectivity index (χ0) is 14.5. The third kappa shape index (κ3) is 2.96. The zero-order valence-corrected chi connectivity index (χ0v) is 11.3. The Kier molecular flexibility index (Phi) is 4.34. The molecule has 0 bridgehead atoms. The van der Waals surface area contributed by atoms with Crippen molar-refractivity contribution in [3.8, 4) is 0 Å². The summed E-state index contributed by atoms with van der Waals surface area (Å²) in [7, 11) is 0. The van der Waals surface area contributed by atoms with Crippen LogP contribution >= 0.6 is 0 Å². The molecular formula is C14H17N3O3. The summed E-state index contributed by atoms with van der Waals surface area (Å²) in [5, 5.41) is 0.362. The molecular weight excluding hydrogens is 258 g/mol. The van der Waals surface area contributed by atoms with Crippen LogP contribution in [0.1, 0.15) is 32.6 Å². The van der Waals surface area contributed by atoms with Crippen LogP contribution in [0.3, 0.4) is 0 Å². The standard InChI is InChI=1S/C14H17N3O3/c1-2-3-4-9-12(18)16-17-13(19)10-7-5-6-8-11(10)15-14(17)20/h5-8H,2-4,9H2,1H3,(H,15,20)(H,16,18). The minimum atomic E-state index is -0.641. The Morgan fingerprint density at radius 2 is 2.00 bits per heavy atom. The normalized spacial score (nSPS) is 10.7. The maximum Gasteiger partial charge on any atom is 0.348 e. The molecule has 106 valence electrons. The lowest BCUT2D eigenvalue weighted by atomic mass is 10.2. The zero-order valence-electron chi connectivity index (χ0n) is 11.3. The first-order valence-corrected chi connectivity index (χ1v) is 6.67. The number of benzene rings is 1. The maximum absolute atomic E-state index is 12.1. The highest BCUT2D eigenvalue weighted by molar-refractivity contribution is 5.84. The van der Waals surface area contributed by atoms with E-state index in [9.17, 15) is 14.4 Å². The smallest absolute Gasteiger partial charge is 0.305 e. The van der Waals surface area contributed by atoms with Crippen molar-refractivity contribution in [2.75, 3.05) is 5.43 Å². The van der Waals surface area contributed by atoms with Crippen LogP contribution in [-0.2, 0) is 4.79 Å². The SMILES string of the molecule is CCCCCC(=O)Nn1c(=O)[nH]c2ccccc2c1=O. The van der Waals surface area contributed by atoms with E-state index in [0.29, 0.717) is 17.3 Å². The minimum Gasteiger partial charge on any atom is -0.305 e. The Balaban J connectivity index is 2.28. The van der Waals surface area contributed by atoms with E-state index in [0.717, 1.165) is 23.9 Å². The summed E-state index contributed by atoms with van der Waals surface area (Å²) in [5.41, 5.74) is 1.65. The van der Waals surface area contributed by atoms with Gasteiger partial charge < -0.3 is 4.98 Å². The molecule has 0 radical (unpaired) electrons. The second-order valence-corrected chi connectivity index (χ2v) is 4.61. The molecule has 6 nitrogen and oxygen atoms in total. The summed E-state index contributed by atoms with van der Waals surface area (Å²) >= 11 is 0. The molecule has 1 amide bonds. The van der Waals surface area contributed by atoms with Crippen molar-refractivity contribution in [1.82, 2.24) is 9.66 Å². The van der Waals surface area contributed by atoms with E-state index in [4.69, 9.17) is 0 Å². The van der Waals surface area contributed by atoms with Gasteiger partial charge in [0, 0.05) is 6.42 Å². The second kappa shape index (κ2) is 6.18. The molecule has 6 heteroatoms. The number of amides is 1. The number of nitrogens with zero attached hydrogens (tertiary/aromatic N) is 1. The highest BCUT2D eigenvalue weighted by atomic mass is 16.2. The topological polar surface area (TPSA) is 84.0 Å². The summed E-state index contributed by atoms with van der Waals surface area (Å²) in [6.07, 6.45) is 2.98. The van der Waals surface area contributed by atoms with Gasteiger partial charge in [0.15, 0.2) is 0 Å². The number of para-hydroxylation sites is 1. The number of aromatic amines is 1. The summed E-state index contributed by atoms with van der Waals surface area (Å²) in [6.45, 7) is 2.04. The number of aromatic nitrogens is 2. The second-order valence-electron chi connectivity index (χ2n) is 4.61. The molecule has 0 spiro atoms. The molecule has 1 heterocycles. The molecule has 0 saturated heterocycles. The van der Waals surface area contributed by atoms with Crippen molar-refractivity contribution in [3.63, 3.8) is 0 Å². The van der Waals surface area contributed by atoms with Gasteiger partial charge in [-0.1, -0.05) is 31.9 Å². The predicted octanol–water partition coefficient (Wildman–Crippen LogP) is 1.34. The van der Waals surface area contributed by atoms with Crippen LogP contribution in [0, 0.1) is 0 Å². The molecule has 0 aliphatic heterocycles. The molecule has 0 saturated carbocycles. The third-order valence-corrected chi connectivity index (χ3v) is 3.05. The van der Waals surface area contributed by atoms with E-state index in [1.165, 1.54) is 0 Å². The molecule has 20 heavy (non-hydrogen) atoms. The average Bonchev–Trinajstić information content (AvgIpc) is 2.44. The Labute approximate surface area is 115 Å². The van der Waals surface area contributed by atoms with Gasteiger partial charge in [0.05, 0.1) is 10.9 Å². The summed E-state index contributed by atoms with van der Waals surface area (Å²) in [6, 6.07) is 6.68. The first-order valence-electron chi connectivity index (χ1n) is 6.67. The van der Waals surface area contributed by atoms with E-state index in [2.05, 4.69) is 10.4 Å². The summed E-state index contributed by atoms with van der Waals surface area (Å²) < 4.78 is 0.733. The molecule has 0 unspecified atom stereocenters. The lowest BCUT2D eigenvalue weighted by molar-refractivity contribution is -0.117. The van der Waals surface area contributed by atoms with Crippen molar-refractivity contribution in [2.45, 2.75) is 32.6 Å². The largest absolute Gasteiger partial charge is 0.348 e. The molecule has 2 aromatic rings. The molecule has 2 rings (SSSR count). The van der Waals surface area contributed by atoms with E-state index >= 15 is 0 Å². The molecule has 0 fully saturated rings. The minimum absolute atomic E-state index is 0.298. The number of hydrogen-bond acceptors (Lipinski definition) is 3. The van der Waals surface area contributed by atoms with Crippen LogP contribution in [0.4, 0.5) is 0 Å². The number of unbranched alkanes of at least 4 members (excludes halogenated alkanes) is 2. The summed E-state index contributed by atoms with van der Waals surface area (Å²) in [4.78, 5) is 38.2. The van der Waals surface area contributed by atoms with Gasteiger partial charge in [-0.3, -0.25) is 15.0 Å². The van der Waals surface area contributed by atoms with Crippen molar-refractivity contribution in [1.29, 1.82) is 0 Å². The van der Waals surface area contributed by atoms with Gasteiger partial charge in [0.25, 0.3) is 5.56 Å². The Hall–Kier alpha value is -2.37. The van der Waals surface area contributed by atoms with E-state index in [1.54, 1.807) is 24.3 Å². The van der Waals surface area contributed by atoms with Gasteiger partial charge >= 0.3 is 5.69 Å². The van der Waals surface area contributed by atoms with Crippen LogP contribution in [0.5, 0.6) is 0 Å². The molecule has 0 atom stereocenters. The van der Waals surface area contributed by atoms with Gasteiger partial charge in [-0.05, 0) is 18.6 Å². The van der Waals surface area contributed by atoms with Crippen molar-refractivity contribution in [3.05, 3.63) is 45.1 Å². The number of nitrogens with one attached hydrogen (secondary N) is 2. The Morgan fingerprint density at radius 1 is 1.25 bits per heavy atom. The lowest BCUT2D eigenvalue weighted by Crippen LogP contribution is -2.43. The number of carbonyl (C=O) groups excluding carboxylic acids is 1. The average molecular weight is 275 g/mol. The molecule has 0 aliphatic carbocycles. The van der Waals surface area contributed by atoms with Crippen molar-refractivity contribution in [2.24, 2.45) is 0 Å². The van der Waals surface area contributed by atoms with Crippen molar-refractivity contribution >= 4 is 16.8 Å². The van der Waals surface area contributed by atoms with Gasteiger partial charge in [-0.15, -0.1) is 0 Å². The van der Waals surface area contributed by atoms with Crippen LogP contribution < -0.4 is 16.7 Å².